The third kappa shape index (κ3) is 5.77. The molecule has 0 saturated carbocycles. The minimum Gasteiger partial charge on any atom is -0.330 e. The van der Waals surface area contributed by atoms with E-state index in [9.17, 15) is 17.6 Å². The second-order valence-electron chi connectivity index (χ2n) is 7.34. The van der Waals surface area contributed by atoms with E-state index in [4.69, 9.17) is 0 Å². The fourth-order valence-electron chi connectivity index (χ4n) is 3.29. The predicted octanol–water partition coefficient (Wildman–Crippen LogP) is 3.92. The molecule has 0 atom stereocenters. The quantitative estimate of drug-likeness (QED) is 0.530. The van der Waals surface area contributed by atoms with E-state index in [-0.39, 0.29) is 30.1 Å². The van der Waals surface area contributed by atoms with Crippen molar-refractivity contribution in [2.75, 3.05) is 6.54 Å². The summed E-state index contributed by atoms with van der Waals surface area (Å²) in [6.45, 7) is 4.33. The highest BCUT2D eigenvalue weighted by molar-refractivity contribution is 7.89. The van der Waals surface area contributed by atoms with E-state index >= 15 is 0 Å². The fourth-order valence-corrected chi connectivity index (χ4v) is 4.36. The normalized spacial score (nSPS) is 11.3. The Labute approximate surface area is 188 Å². The molecular weight excluding hydrogens is 429 g/mol. The van der Waals surface area contributed by atoms with Crippen LogP contribution in [-0.4, -0.2) is 30.8 Å². The highest BCUT2D eigenvalue weighted by Gasteiger charge is 2.23. The van der Waals surface area contributed by atoms with Gasteiger partial charge in [-0.15, -0.1) is 0 Å². The molecule has 168 valence electrons. The van der Waals surface area contributed by atoms with Crippen LogP contribution in [0.5, 0.6) is 0 Å². The molecule has 1 aromatic heterocycles. The lowest BCUT2D eigenvalue weighted by atomic mass is 10.1. The summed E-state index contributed by atoms with van der Waals surface area (Å²) in [6.07, 6.45) is 4.17. The number of carbonyl (C=O) groups is 1. The number of rotatable bonds is 9. The van der Waals surface area contributed by atoms with Gasteiger partial charge < -0.3 is 4.90 Å². The van der Waals surface area contributed by atoms with E-state index in [1.54, 1.807) is 25.4 Å². The lowest BCUT2D eigenvalue weighted by Crippen LogP contribution is -2.31. The van der Waals surface area contributed by atoms with E-state index in [0.29, 0.717) is 0 Å². The van der Waals surface area contributed by atoms with Crippen LogP contribution in [0.25, 0.3) is 0 Å². The summed E-state index contributed by atoms with van der Waals surface area (Å²) in [7, 11) is -3.83. The van der Waals surface area contributed by atoms with Gasteiger partial charge in [0.1, 0.15) is 5.82 Å². The number of benzene rings is 2. The summed E-state index contributed by atoms with van der Waals surface area (Å²) in [5.41, 5.74) is 2.54. The van der Waals surface area contributed by atoms with Gasteiger partial charge in [-0.2, -0.15) is 0 Å². The Hall–Kier alpha value is -3.10. The zero-order chi connectivity index (χ0) is 23.1. The SMILES string of the molecule is CCNS(=O)(=O)c1ccc(F)c(C(=O)N(Cc2ccc(CC)cc2)Cc2cccnc2)c1. The third-order valence-electron chi connectivity index (χ3n) is 5.00. The van der Waals surface area contributed by atoms with Crippen LogP contribution in [0.15, 0.2) is 71.9 Å². The molecular formula is C24H26FN3O3S. The van der Waals surface area contributed by atoms with E-state index in [0.717, 1.165) is 35.7 Å². The number of halogens is 1. The highest BCUT2D eigenvalue weighted by atomic mass is 32.2. The number of nitrogens with zero attached hydrogens (tertiary/aromatic N) is 2. The maximum atomic E-state index is 14.7. The molecule has 0 radical (unpaired) electrons. The van der Waals surface area contributed by atoms with Gasteiger partial charge in [-0.1, -0.05) is 44.2 Å². The van der Waals surface area contributed by atoms with Gasteiger partial charge in [-0.3, -0.25) is 9.78 Å². The monoisotopic (exact) mass is 455 g/mol. The summed E-state index contributed by atoms with van der Waals surface area (Å²) in [5, 5.41) is 0. The van der Waals surface area contributed by atoms with Crippen molar-refractivity contribution in [3.8, 4) is 0 Å². The number of hydrogen-bond acceptors (Lipinski definition) is 4. The van der Waals surface area contributed by atoms with Crippen LogP contribution >= 0.6 is 0 Å². The zero-order valence-corrected chi connectivity index (χ0v) is 18.9. The Balaban J connectivity index is 1.97. The minimum absolute atomic E-state index is 0.155. The summed E-state index contributed by atoms with van der Waals surface area (Å²) >= 11 is 0. The molecule has 0 spiro atoms. The van der Waals surface area contributed by atoms with Crippen molar-refractivity contribution in [1.82, 2.24) is 14.6 Å². The van der Waals surface area contributed by atoms with Crippen LogP contribution in [-0.2, 0) is 29.5 Å². The molecule has 0 aliphatic heterocycles. The second-order valence-corrected chi connectivity index (χ2v) is 9.10. The van der Waals surface area contributed by atoms with Crippen molar-refractivity contribution in [2.24, 2.45) is 0 Å². The van der Waals surface area contributed by atoms with E-state index in [2.05, 4.69) is 16.6 Å². The average Bonchev–Trinajstić information content (AvgIpc) is 2.79. The first-order valence-electron chi connectivity index (χ1n) is 10.4. The van der Waals surface area contributed by atoms with Crippen LogP contribution in [0.2, 0.25) is 0 Å². The van der Waals surface area contributed by atoms with Crippen molar-refractivity contribution in [1.29, 1.82) is 0 Å². The van der Waals surface area contributed by atoms with E-state index in [1.165, 1.54) is 10.5 Å². The van der Waals surface area contributed by atoms with Gasteiger partial charge in [0.05, 0.1) is 10.5 Å². The molecule has 1 N–H and O–H groups in total. The van der Waals surface area contributed by atoms with Crippen LogP contribution in [0, 0.1) is 5.82 Å². The van der Waals surface area contributed by atoms with Gasteiger partial charge in [0.2, 0.25) is 10.0 Å². The maximum absolute atomic E-state index is 14.7. The standard InChI is InChI=1S/C24H26FN3O3S/c1-3-18-7-9-19(10-8-18)16-28(17-20-6-5-13-26-15-20)24(29)22-14-21(11-12-23(22)25)32(30,31)27-4-2/h5-15,27H,3-4,16-17H2,1-2H3. The molecule has 0 bridgehead atoms. The molecule has 2 aromatic carbocycles. The molecule has 8 heteroatoms. The van der Waals surface area contributed by atoms with Crippen LogP contribution in [0.4, 0.5) is 4.39 Å². The van der Waals surface area contributed by atoms with Crippen molar-refractivity contribution < 1.29 is 17.6 Å². The molecule has 6 nitrogen and oxygen atoms in total. The van der Waals surface area contributed by atoms with Crippen molar-refractivity contribution in [3.63, 3.8) is 0 Å². The molecule has 0 saturated heterocycles. The van der Waals surface area contributed by atoms with E-state index in [1.807, 2.05) is 30.3 Å². The lowest BCUT2D eigenvalue weighted by molar-refractivity contribution is 0.0724. The average molecular weight is 456 g/mol. The maximum Gasteiger partial charge on any atom is 0.257 e. The van der Waals surface area contributed by atoms with Gasteiger partial charge in [0.25, 0.3) is 5.91 Å². The first-order chi connectivity index (χ1) is 15.3. The molecule has 0 aliphatic rings. The minimum atomic E-state index is -3.83. The Morgan fingerprint density at radius 3 is 2.31 bits per heavy atom. The third-order valence-corrected chi connectivity index (χ3v) is 6.54. The molecule has 1 amide bonds. The molecule has 32 heavy (non-hydrogen) atoms. The van der Waals surface area contributed by atoms with Crippen molar-refractivity contribution in [3.05, 3.63) is 95.1 Å². The Morgan fingerprint density at radius 2 is 1.69 bits per heavy atom. The molecule has 0 fully saturated rings. The number of amides is 1. The molecule has 0 unspecified atom stereocenters. The first kappa shape index (κ1) is 23.6. The highest BCUT2D eigenvalue weighted by Crippen LogP contribution is 2.20. The fraction of sp³-hybridized carbons (Fsp3) is 0.250. The summed E-state index contributed by atoms with van der Waals surface area (Å²) in [5.74, 6) is -1.37. The van der Waals surface area contributed by atoms with Crippen LogP contribution in [0.3, 0.4) is 0 Å². The van der Waals surface area contributed by atoms with Gasteiger partial charge in [0, 0.05) is 32.0 Å². The van der Waals surface area contributed by atoms with E-state index < -0.39 is 21.7 Å². The first-order valence-corrected chi connectivity index (χ1v) is 11.9. The molecule has 1 heterocycles. The van der Waals surface area contributed by atoms with Gasteiger partial charge in [0.15, 0.2) is 0 Å². The van der Waals surface area contributed by atoms with Crippen LogP contribution in [0.1, 0.15) is 40.9 Å². The molecule has 3 aromatic rings. The second kappa shape index (κ2) is 10.5. The predicted molar refractivity (Wildman–Crippen MR) is 121 cm³/mol. The lowest BCUT2D eigenvalue weighted by Gasteiger charge is -2.24. The number of aromatic nitrogens is 1. The van der Waals surface area contributed by atoms with Crippen molar-refractivity contribution in [2.45, 2.75) is 38.3 Å². The number of carbonyl (C=O) groups excluding carboxylic acids is 1. The number of aryl methyl sites for hydroxylation is 1. The van der Waals surface area contributed by atoms with Gasteiger partial charge in [-0.25, -0.2) is 17.5 Å². The Bertz CT molecular complexity index is 1170. The zero-order valence-electron chi connectivity index (χ0n) is 18.1. The molecule has 0 aliphatic carbocycles. The van der Waals surface area contributed by atoms with Gasteiger partial charge >= 0.3 is 0 Å². The summed E-state index contributed by atoms with van der Waals surface area (Å²) in [6, 6.07) is 14.7. The summed E-state index contributed by atoms with van der Waals surface area (Å²) in [4.78, 5) is 18.8. The largest absolute Gasteiger partial charge is 0.330 e. The summed E-state index contributed by atoms with van der Waals surface area (Å²) < 4.78 is 41.7. The number of nitrogens with one attached hydrogen (secondary N) is 1. The van der Waals surface area contributed by atoms with Gasteiger partial charge in [-0.05, 0) is 47.4 Å². The molecule has 3 rings (SSSR count). The number of pyridine rings is 1. The number of hydrogen-bond donors (Lipinski definition) is 1. The van der Waals surface area contributed by atoms with Crippen molar-refractivity contribution >= 4 is 15.9 Å². The smallest absolute Gasteiger partial charge is 0.257 e. The Morgan fingerprint density at radius 1 is 1.00 bits per heavy atom. The number of sulfonamides is 1. The Kier molecular flexibility index (Phi) is 7.71. The topological polar surface area (TPSA) is 79.4 Å². The van der Waals surface area contributed by atoms with Crippen LogP contribution < -0.4 is 4.72 Å².